The summed E-state index contributed by atoms with van der Waals surface area (Å²) in [5.74, 6) is -1.66. The Morgan fingerprint density at radius 2 is 2.15 bits per heavy atom. The molecule has 2 atom stereocenters. The molecule has 2 N–H and O–H groups in total. The van der Waals surface area contributed by atoms with Gasteiger partial charge in [-0.2, -0.15) is 5.26 Å². The molecule has 1 aromatic rings. The van der Waals surface area contributed by atoms with Crippen LogP contribution in [0.5, 0.6) is 0 Å². The molecule has 1 fully saturated rings. The van der Waals surface area contributed by atoms with E-state index < -0.39 is 23.6 Å². The van der Waals surface area contributed by atoms with E-state index in [1.54, 1.807) is 39.0 Å². The van der Waals surface area contributed by atoms with E-state index in [0.717, 1.165) is 5.56 Å². The smallest absolute Gasteiger partial charge is 0.410 e. The van der Waals surface area contributed by atoms with Crippen LogP contribution < -0.4 is 5.32 Å². The number of carbonyl (C=O) groups is 2. The van der Waals surface area contributed by atoms with Crippen molar-refractivity contribution in [3.05, 3.63) is 35.4 Å². The van der Waals surface area contributed by atoms with Crippen LogP contribution in [0.4, 0.5) is 4.79 Å². The molecule has 1 saturated heterocycles. The fraction of sp³-hybridized carbons (Fsp3) is 0.526. The Bertz CT molecular complexity index is 705. The van der Waals surface area contributed by atoms with Crippen molar-refractivity contribution >= 4 is 12.1 Å². The zero-order valence-corrected chi connectivity index (χ0v) is 15.4. The van der Waals surface area contributed by atoms with Crippen molar-refractivity contribution in [3.63, 3.8) is 0 Å². The molecule has 0 radical (unpaired) electrons. The first-order valence-electron chi connectivity index (χ1n) is 8.63. The minimum absolute atomic E-state index is 0.111. The number of benzene rings is 1. The van der Waals surface area contributed by atoms with Crippen LogP contribution in [-0.4, -0.2) is 46.8 Å². The van der Waals surface area contributed by atoms with Gasteiger partial charge in [-0.05, 0) is 44.9 Å². The number of ether oxygens (including phenoxy) is 1. The quantitative estimate of drug-likeness (QED) is 0.855. The number of amides is 1. The number of nitrogens with zero attached hydrogens (tertiary/aromatic N) is 2. The summed E-state index contributed by atoms with van der Waals surface area (Å²) in [5, 5.41) is 21.8. The SMILES string of the molecule is CC(C)(C)OC(=O)N1CCC(NCc2cccc(C#N)c2)C(C(=O)O)C1. The first kappa shape index (κ1) is 19.7. The van der Waals surface area contributed by atoms with Gasteiger partial charge in [-0.3, -0.25) is 4.79 Å². The van der Waals surface area contributed by atoms with Crippen molar-refractivity contribution in [1.82, 2.24) is 10.2 Å². The van der Waals surface area contributed by atoms with E-state index in [9.17, 15) is 14.7 Å². The summed E-state index contributed by atoms with van der Waals surface area (Å²) in [4.78, 5) is 25.3. The lowest BCUT2D eigenvalue weighted by Crippen LogP contribution is -2.54. The van der Waals surface area contributed by atoms with Crippen LogP contribution in [0.25, 0.3) is 0 Å². The Hall–Kier alpha value is -2.59. The number of aliphatic carboxylic acids is 1. The summed E-state index contributed by atoms with van der Waals surface area (Å²) in [6.45, 7) is 6.36. The molecule has 0 bridgehead atoms. The lowest BCUT2D eigenvalue weighted by molar-refractivity contribution is -0.144. The Morgan fingerprint density at radius 3 is 2.77 bits per heavy atom. The highest BCUT2D eigenvalue weighted by molar-refractivity contribution is 5.74. The zero-order chi connectivity index (χ0) is 19.3. The van der Waals surface area contributed by atoms with Gasteiger partial charge in [0.1, 0.15) is 5.60 Å². The molecule has 1 heterocycles. The van der Waals surface area contributed by atoms with Crippen LogP contribution >= 0.6 is 0 Å². The van der Waals surface area contributed by atoms with E-state index in [4.69, 9.17) is 10.00 Å². The Kier molecular flexibility index (Phi) is 6.22. The molecule has 7 heteroatoms. The first-order valence-corrected chi connectivity index (χ1v) is 8.63. The molecular formula is C19H25N3O4. The van der Waals surface area contributed by atoms with E-state index in [1.807, 2.05) is 6.07 Å². The zero-order valence-electron chi connectivity index (χ0n) is 15.4. The molecule has 0 aliphatic carbocycles. The maximum atomic E-state index is 12.2. The fourth-order valence-electron chi connectivity index (χ4n) is 2.94. The topological polar surface area (TPSA) is 103 Å². The van der Waals surface area contributed by atoms with Crippen molar-refractivity contribution < 1.29 is 19.4 Å². The standard InChI is InChI=1S/C19H25N3O4/c1-19(2,3)26-18(25)22-8-7-16(15(12-22)17(23)24)21-11-14-6-4-5-13(9-14)10-20/h4-6,9,15-16,21H,7-8,11-12H2,1-3H3,(H,23,24). The summed E-state index contributed by atoms with van der Waals surface area (Å²) >= 11 is 0. The van der Waals surface area contributed by atoms with E-state index in [0.29, 0.717) is 25.1 Å². The predicted octanol–water partition coefficient (Wildman–Crippen LogP) is 2.36. The summed E-state index contributed by atoms with van der Waals surface area (Å²) in [5.41, 5.74) is 0.873. The molecule has 7 nitrogen and oxygen atoms in total. The van der Waals surface area contributed by atoms with Gasteiger partial charge >= 0.3 is 12.1 Å². The van der Waals surface area contributed by atoms with Gasteiger partial charge in [-0.15, -0.1) is 0 Å². The highest BCUT2D eigenvalue weighted by atomic mass is 16.6. The molecule has 1 aliphatic rings. The Labute approximate surface area is 153 Å². The van der Waals surface area contributed by atoms with Crippen LogP contribution in [-0.2, 0) is 16.1 Å². The third kappa shape index (κ3) is 5.46. The van der Waals surface area contributed by atoms with E-state index in [2.05, 4.69) is 11.4 Å². The largest absolute Gasteiger partial charge is 0.481 e. The molecule has 2 unspecified atom stereocenters. The van der Waals surface area contributed by atoms with Gasteiger partial charge in [0.25, 0.3) is 0 Å². The summed E-state index contributed by atoms with van der Waals surface area (Å²) in [6, 6.07) is 9.03. The summed E-state index contributed by atoms with van der Waals surface area (Å²) in [7, 11) is 0. The van der Waals surface area contributed by atoms with Crippen LogP contribution in [0.3, 0.4) is 0 Å². The maximum Gasteiger partial charge on any atom is 0.410 e. The van der Waals surface area contributed by atoms with Gasteiger partial charge in [-0.25, -0.2) is 4.79 Å². The third-order valence-corrected chi connectivity index (χ3v) is 4.21. The van der Waals surface area contributed by atoms with Crippen molar-refractivity contribution in [1.29, 1.82) is 5.26 Å². The molecule has 140 valence electrons. The highest BCUT2D eigenvalue weighted by Gasteiger charge is 2.37. The minimum Gasteiger partial charge on any atom is -0.481 e. The van der Waals surface area contributed by atoms with E-state index in [1.165, 1.54) is 4.90 Å². The van der Waals surface area contributed by atoms with Crippen molar-refractivity contribution in [2.24, 2.45) is 5.92 Å². The maximum absolute atomic E-state index is 12.2. The number of carbonyl (C=O) groups excluding carboxylic acids is 1. The molecule has 0 spiro atoms. The summed E-state index contributed by atoms with van der Waals surface area (Å²) in [6.07, 6.45) is 0.0395. The van der Waals surface area contributed by atoms with Crippen molar-refractivity contribution in [3.8, 4) is 6.07 Å². The van der Waals surface area contributed by atoms with E-state index in [-0.39, 0.29) is 12.6 Å². The number of rotatable bonds is 4. The van der Waals surface area contributed by atoms with Crippen molar-refractivity contribution in [2.75, 3.05) is 13.1 Å². The minimum atomic E-state index is -0.943. The second-order valence-electron chi connectivity index (χ2n) is 7.46. The lowest BCUT2D eigenvalue weighted by Gasteiger charge is -2.37. The molecule has 1 amide bonds. The number of carboxylic acids is 1. The van der Waals surface area contributed by atoms with Crippen LogP contribution in [0.1, 0.15) is 38.3 Å². The second kappa shape index (κ2) is 8.19. The molecule has 0 aromatic heterocycles. The van der Waals surface area contributed by atoms with Crippen LogP contribution in [0.2, 0.25) is 0 Å². The molecule has 1 aromatic carbocycles. The van der Waals surface area contributed by atoms with Gasteiger partial charge in [0, 0.05) is 25.7 Å². The average molecular weight is 359 g/mol. The highest BCUT2D eigenvalue weighted by Crippen LogP contribution is 2.21. The number of piperidine rings is 1. The number of likely N-dealkylation sites (tertiary alicyclic amines) is 1. The molecule has 26 heavy (non-hydrogen) atoms. The monoisotopic (exact) mass is 359 g/mol. The van der Waals surface area contributed by atoms with Crippen molar-refractivity contribution in [2.45, 2.75) is 45.4 Å². The normalized spacial score (nSPS) is 20.3. The number of nitrogens with one attached hydrogen (secondary N) is 1. The van der Waals surface area contributed by atoms with Gasteiger partial charge in [0.05, 0.1) is 17.6 Å². The molecular weight excluding hydrogens is 334 g/mol. The Balaban J connectivity index is 1.99. The van der Waals surface area contributed by atoms with Crippen LogP contribution in [0, 0.1) is 17.2 Å². The van der Waals surface area contributed by atoms with Gasteiger partial charge in [-0.1, -0.05) is 12.1 Å². The average Bonchev–Trinajstić information content (AvgIpc) is 2.58. The molecule has 1 aliphatic heterocycles. The third-order valence-electron chi connectivity index (χ3n) is 4.21. The summed E-state index contributed by atoms with van der Waals surface area (Å²) < 4.78 is 5.34. The predicted molar refractivity (Wildman–Crippen MR) is 95.3 cm³/mol. The second-order valence-corrected chi connectivity index (χ2v) is 7.46. The Morgan fingerprint density at radius 1 is 1.42 bits per heavy atom. The first-order chi connectivity index (χ1) is 12.2. The van der Waals surface area contributed by atoms with Gasteiger partial charge in [0.15, 0.2) is 0 Å². The fourth-order valence-corrected chi connectivity index (χ4v) is 2.94. The lowest BCUT2D eigenvalue weighted by atomic mass is 9.92. The molecule has 2 rings (SSSR count). The van der Waals surface area contributed by atoms with Crippen LogP contribution in [0.15, 0.2) is 24.3 Å². The van der Waals surface area contributed by atoms with E-state index >= 15 is 0 Å². The molecule has 0 saturated carbocycles. The van der Waals surface area contributed by atoms with Gasteiger partial charge in [0.2, 0.25) is 0 Å². The number of nitriles is 1. The number of hydrogen-bond donors (Lipinski definition) is 2. The van der Waals surface area contributed by atoms with Gasteiger partial charge < -0.3 is 20.1 Å². The number of hydrogen-bond acceptors (Lipinski definition) is 5. The number of carboxylic acid groups (broad SMARTS) is 1.